The zero-order valence-corrected chi connectivity index (χ0v) is 11.6. The zero-order valence-electron chi connectivity index (χ0n) is 11.6. The number of aliphatic imine (C=N–C) groups is 2. The molecule has 0 aliphatic heterocycles. The molecule has 1 aromatic carbocycles. The van der Waals surface area contributed by atoms with Gasteiger partial charge in [-0.05, 0) is 39.4 Å². The van der Waals surface area contributed by atoms with Gasteiger partial charge in [0, 0.05) is 12.6 Å². The molecule has 0 aliphatic rings. The van der Waals surface area contributed by atoms with Gasteiger partial charge in [-0.2, -0.15) is 0 Å². The van der Waals surface area contributed by atoms with Gasteiger partial charge in [-0.15, -0.1) is 0 Å². The Morgan fingerprint density at radius 3 is 2.50 bits per heavy atom. The van der Waals surface area contributed by atoms with Crippen LogP contribution in [0.5, 0.6) is 0 Å². The van der Waals surface area contributed by atoms with Crippen molar-refractivity contribution in [3.05, 3.63) is 35.9 Å². The first-order valence-corrected chi connectivity index (χ1v) is 6.52. The molecule has 18 heavy (non-hydrogen) atoms. The van der Waals surface area contributed by atoms with E-state index in [1.165, 1.54) is 5.56 Å². The molecule has 1 unspecified atom stereocenters. The van der Waals surface area contributed by atoms with Gasteiger partial charge in [-0.25, -0.2) is 9.98 Å². The Hall–Kier alpha value is -1.44. The van der Waals surface area contributed by atoms with Crippen molar-refractivity contribution in [1.29, 1.82) is 0 Å². The molecule has 0 fully saturated rings. The number of nitrogens with zero attached hydrogens (tertiary/aromatic N) is 3. The first-order valence-electron chi connectivity index (χ1n) is 6.52. The minimum absolute atomic E-state index is 0.513. The molecule has 0 saturated carbocycles. The maximum atomic E-state index is 4.18. The summed E-state index contributed by atoms with van der Waals surface area (Å²) < 4.78 is 0. The highest BCUT2D eigenvalue weighted by molar-refractivity contribution is 5.40. The molecule has 0 aliphatic carbocycles. The van der Waals surface area contributed by atoms with Crippen LogP contribution in [0.3, 0.4) is 0 Å². The average molecular weight is 245 g/mol. The molecule has 0 saturated heterocycles. The minimum Gasteiger partial charge on any atom is -0.306 e. The summed E-state index contributed by atoms with van der Waals surface area (Å²) >= 11 is 0. The second-order valence-corrected chi connectivity index (χ2v) is 4.55. The molecule has 0 spiro atoms. The van der Waals surface area contributed by atoms with Gasteiger partial charge in [0.2, 0.25) is 0 Å². The molecule has 0 heterocycles. The Balaban J connectivity index is 2.48. The predicted molar refractivity (Wildman–Crippen MR) is 77.5 cm³/mol. The van der Waals surface area contributed by atoms with Gasteiger partial charge in [0.15, 0.2) is 0 Å². The van der Waals surface area contributed by atoms with Crippen molar-refractivity contribution in [2.24, 2.45) is 9.98 Å². The van der Waals surface area contributed by atoms with Crippen LogP contribution in [-0.2, 0) is 6.42 Å². The molecule has 0 N–H and O–H groups in total. The maximum absolute atomic E-state index is 4.18. The van der Waals surface area contributed by atoms with E-state index >= 15 is 0 Å². The van der Waals surface area contributed by atoms with E-state index in [0.29, 0.717) is 6.04 Å². The second kappa shape index (κ2) is 8.62. The van der Waals surface area contributed by atoms with Gasteiger partial charge in [-0.1, -0.05) is 30.3 Å². The number of likely N-dealkylation sites (N-methyl/N-ethyl adjacent to an activating group) is 1. The quantitative estimate of drug-likeness (QED) is 0.679. The molecule has 1 atom stereocenters. The van der Waals surface area contributed by atoms with Crippen LogP contribution in [0.2, 0.25) is 0 Å². The standard InChI is InChI=1S/C15H23N3/c1-4-16-13-17-11-10-15(18(2)3)12-14-8-6-5-7-9-14/h5-9,15H,4,10-12H2,1-3H3. The summed E-state index contributed by atoms with van der Waals surface area (Å²) in [6, 6.07) is 13.8. The number of rotatable bonds is 7. The van der Waals surface area contributed by atoms with Gasteiger partial charge >= 0.3 is 0 Å². The Morgan fingerprint density at radius 1 is 1.17 bits per heavy atom. The fourth-order valence-electron chi connectivity index (χ4n) is 1.81. The van der Waals surface area contributed by atoms with Gasteiger partial charge in [0.05, 0.1) is 12.6 Å². The van der Waals surface area contributed by atoms with Gasteiger partial charge in [0.1, 0.15) is 0 Å². The van der Waals surface area contributed by atoms with Crippen molar-refractivity contribution in [3.8, 4) is 0 Å². The lowest BCUT2D eigenvalue weighted by Gasteiger charge is -2.23. The van der Waals surface area contributed by atoms with Crippen LogP contribution in [0.15, 0.2) is 40.3 Å². The van der Waals surface area contributed by atoms with Crippen molar-refractivity contribution >= 4 is 6.01 Å². The van der Waals surface area contributed by atoms with Crippen molar-refractivity contribution in [1.82, 2.24) is 4.90 Å². The smallest absolute Gasteiger partial charge is 0.0892 e. The highest BCUT2D eigenvalue weighted by Crippen LogP contribution is 2.09. The largest absolute Gasteiger partial charge is 0.306 e. The molecule has 98 valence electrons. The molecule has 0 bridgehead atoms. The van der Waals surface area contributed by atoms with E-state index in [2.05, 4.69) is 65.3 Å². The van der Waals surface area contributed by atoms with Crippen molar-refractivity contribution in [2.45, 2.75) is 25.8 Å². The molecule has 1 rings (SSSR count). The molecular formula is C15H23N3. The molecule has 3 heteroatoms. The predicted octanol–water partition coefficient (Wildman–Crippen LogP) is 2.74. The summed E-state index contributed by atoms with van der Waals surface area (Å²) in [6.45, 7) is 3.53. The van der Waals surface area contributed by atoms with Crippen molar-refractivity contribution in [3.63, 3.8) is 0 Å². The monoisotopic (exact) mass is 245 g/mol. The topological polar surface area (TPSA) is 28.0 Å². The number of benzene rings is 1. The summed E-state index contributed by atoms with van der Waals surface area (Å²) in [4.78, 5) is 10.4. The van der Waals surface area contributed by atoms with Crippen LogP contribution in [-0.4, -0.2) is 44.1 Å². The third-order valence-corrected chi connectivity index (χ3v) is 2.92. The van der Waals surface area contributed by atoms with E-state index in [1.807, 2.05) is 6.92 Å². The van der Waals surface area contributed by atoms with Crippen LogP contribution >= 0.6 is 0 Å². The molecular weight excluding hydrogens is 222 g/mol. The molecule has 0 amide bonds. The van der Waals surface area contributed by atoms with Gasteiger partial charge in [0.25, 0.3) is 0 Å². The number of hydrogen-bond acceptors (Lipinski definition) is 3. The summed E-state index contributed by atoms with van der Waals surface area (Å²) in [5.41, 5.74) is 1.38. The van der Waals surface area contributed by atoms with Gasteiger partial charge < -0.3 is 4.90 Å². The van der Waals surface area contributed by atoms with Crippen LogP contribution in [0.4, 0.5) is 0 Å². The fourth-order valence-corrected chi connectivity index (χ4v) is 1.81. The second-order valence-electron chi connectivity index (χ2n) is 4.55. The summed E-state index contributed by atoms with van der Waals surface area (Å²) in [5, 5.41) is 0. The van der Waals surface area contributed by atoms with E-state index in [4.69, 9.17) is 0 Å². The highest BCUT2D eigenvalue weighted by Gasteiger charge is 2.11. The molecule has 3 nitrogen and oxygen atoms in total. The zero-order chi connectivity index (χ0) is 13.2. The van der Waals surface area contributed by atoms with E-state index in [9.17, 15) is 0 Å². The van der Waals surface area contributed by atoms with Crippen LogP contribution < -0.4 is 0 Å². The Kier molecular flexibility index (Phi) is 7.00. The van der Waals surface area contributed by atoms with E-state index < -0.39 is 0 Å². The van der Waals surface area contributed by atoms with Gasteiger partial charge in [-0.3, -0.25) is 0 Å². The Morgan fingerprint density at radius 2 is 1.89 bits per heavy atom. The minimum atomic E-state index is 0.513. The van der Waals surface area contributed by atoms with Crippen molar-refractivity contribution in [2.75, 3.05) is 27.2 Å². The lowest BCUT2D eigenvalue weighted by Crippen LogP contribution is -2.30. The van der Waals surface area contributed by atoms with E-state index in [-0.39, 0.29) is 0 Å². The maximum Gasteiger partial charge on any atom is 0.0892 e. The SMILES string of the molecule is CCN=C=NCCC(Cc1ccccc1)N(C)C. The third kappa shape index (κ3) is 5.76. The Bertz CT molecular complexity index is 378. The summed E-state index contributed by atoms with van der Waals surface area (Å²) in [5.74, 6) is 0. The fraction of sp³-hybridized carbons (Fsp3) is 0.533. The summed E-state index contributed by atoms with van der Waals surface area (Å²) in [7, 11) is 4.24. The van der Waals surface area contributed by atoms with Crippen LogP contribution in [0.1, 0.15) is 18.9 Å². The normalized spacial score (nSPS) is 12.0. The Labute approximate surface area is 110 Å². The average Bonchev–Trinajstić information content (AvgIpc) is 2.38. The van der Waals surface area contributed by atoms with Crippen LogP contribution in [0.25, 0.3) is 0 Å². The molecule has 1 aromatic rings. The van der Waals surface area contributed by atoms with E-state index in [0.717, 1.165) is 25.9 Å². The lowest BCUT2D eigenvalue weighted by atomic mass is 10.0. The number of hydrogen-bond donors (Lipinski definition) is 0. The first kappa shape index (κ1) is 14.6. The highest BCUT2D eigenvalue weighted by atomic mass is 15.1. The molecule has 0 radical (unpaired) electrons. The lowest BCUT2D eigenvalue weighted by molar-refractivity contribution is 0.280. The van der Waals surface area contributed by atoms with E-state index in [1.54, 1.807) is 0 Å². The summed E-state index contributed by atoms with van der Waals surface area (Å²) in [6.07, 6.45) is 2.10. The first-order chi connectivity index (χ1) is 8.74. The third-order valence-electron chi connectivity index (χ3n) is 2.92. The van der Waals surface area contributed by atoms with Crippen molar-refractivity contribution < 1.29 is 0 Å². The molecule has 0 aromatic heterocycles. The van der Waals surface area contributed by atoms with Crippen LogP contribution in [0, 0.1) is 0 Å².